The lowest BCUT2D eigenvalue weighted by molar-refractivity contribution is -0.142. The van der Waals surface area contributed by atoms with Crippen LogP contribution in [-0.2, 0) is 19.1 Å². The van der Waals surface area contributed by atoms with Gasteiger partial charge in [-0.15, -0.1) is 0 Å². The molecule has 10 heteroatoms. The van der Waals surface area contributed by atoms with Crippen molar-refractivity contribution in [3.8, 4) is 0 Å². The summed E-state index contributed by atoms with van der Waals surface area (Å²) < 4.78 is 10.2. The van der Waals surface area contributed by atoms with Crippen molar-refractivity contribution >= 4 is 35.0 Å². The fourth-order valence-electron chi connectivity index (χ4n) is 2.74. The molecule has 0 aromatic heterocycles. The number of amides is 1. The number of morpholine rings is 1. The van der Waals surface area contributed by atoms with E-state index in [9.17, 15) is 14.4 Å². The summed E-state index contributed by atoms with van der Waals surface area (Å²) in [6.45, 7) is 2.81. The third-order valence-corrected chi connectivity index (χ3v) is 4.75. The van der Waals surface area contributed by atoms with Crippen LogP contribution < -0.4 is 11.1 Å². The Hall–Kier alpha value is -2.91. The molecule has 1 aromatic rings. The molecule has 1 heterocycles. The Bertz CT molecular complexity index is 855. The van der Waals surface area contributed by atoms with Gasteiger partial charge in [0, 0.05) is 30.9 Å². The van der Waals surface area contributed by atoms with Crippen LogP contribution in [0.15, 0.2) is 35.7 Å². The second kappa shape index (κ2) is 11.3. The smallest absolute Gasteiger partial charge is 0.344 e. The number of hydrogen-bond acceptors (Lipinski definition) is 8. The molecule has 0 aliphatic carbocycles. The SMILES string of the molecule is CCC(=N)/C(C(=O)OCC(=O)c1ccccc1Cl)=C(/N)NCCN1CCOCC1=O. The van der Waals surface area contributed by atoms with Crippen LogP contribution in [0, 0.1) is 5.41 Å². The first-order chi connectivity index (χ1) is 14.3. The van der Waals surface area contributed by atoms with Crippen LogP contribution in [-0.4, -0.2) is 67.7 Å². The van der Waals surface area contributed by atoms with Gasteiger partial charge in [-0.3, -0.25) is 9.59 Å². The molecule has 1 aromatic carbocycles. The highest BCUT2D eigenvalue weighted by Gasteiger charge is 2.22. The fraction of sp³-hybridized carbons (Fsp3) is 0.400. The van der Waals surface area contributed by atoms with Crippen LogP contribution in [0.5, 0.6) is 0 Å². The average Bonchev–Trinajstić information content (AvgIpc) is 2.73. The molecule has 0 saturated carbocycles. The average molecular weight is 437 g/mol. The maximum absolute atomic E-state index is 12.5. The number of carbonyl (C=O) groups is 3. The maximum Gasteiger partial charge on any atom is 0.344 e. The quantitative estimate of drug-likeness (QED) is 0.216. The highest BCUT2D eigenvalue weighted by atomic mass is 35.5. The third kappa shape index (κ3) is 6.30. The van der Waals surface area contributed by atoms with Crippen molar-refractivity contribution in [2.75, 3.05) is 39.5 Å². The number of ketones is 1. The topological polar surface area (TPSA) is 135 Å². The zero-order chi connectivity index (χ0) is 22.1. The van der Waals surface area contributed by atoms with Crippen molar-refractivity contribution in [2.45, 2.75) is 13.3 Å². The van der Waals surface area contributed by atoms with Gasteiger partial charge in [0.1, 0.15) is 18.0 Å². The first kappa shape index (κ1) is 23.4. The molecule has 9 nitrogen and oxygen atoms in total. The standard InChI is InChI=1S/C20H25ClN4O5/c1-2-15(22)18(19(23)24-7-8-25-9-10-29-12-17(25)27)20(28)30-11-16(26)13-5-3-4-6-14(13)21/h3-6,22,24H,2,7-12,23H2,1H3/b19-18+,22-15?. The van der Waals surface area contributed by atoms with Crippen molar-refractivity contribution in [2.24, 2.45) is 5.73 Å². The summed E-state index contributed by atoms with van der Waals surface area (Å²) in [6, 6.07) is 6.44. The molecule has 0 unspecified atom stereocenters. The number of benzene rings is 1. The minimum absolute atomic E-state index is 0.0300. The molecule has 0 radical (unpaired) electrons. The van der Waals surface area contributed by atoms with Crippen LogP contribution in [0.4, 0.5) is 0 Å². The predicted molar refractivity (Wildman–Crippen MR) is 111 cm³/mol. The van der Waals surface area contributed by atoms with Gasteiger partial charge in [0.15, 0.2) is 6.61 Å². The summed E-state index contributed by atoms with van der Waals surface area (Å²) in [4.78, 5) is 38.1. The number of nitrogens with two attached hydrogens (primary N) is 1. The van der Waals surface area contributed by atoms with Crippen molar-refractivity contribution in [1.82, 2.24) is 10.2 Å². The highest BCUT2D eigenvalue weighted by molar-refractivity contribution is 6.34. The molecule has 1 aliphatic heterocycles. The Kier molecular flexibility index (Phi) is 8.82. The molecule has 162 valence electrons. The van der Waals surface area contributed by atoms with Gasteiger partial charge in [0.05, 0.1) is 11.6 Å². The zero-order valence-electron chi connectivity index (χ0n) is 16.7. The first-order valence-corrected chi connectivity index (χ1v) is 9.84. The van der Waals surface area contributed by atoms with Gasteiger partial charge >= 0.3 is 5.97 Å². The molecule has 0 spiro atoms. The van der Waals surface area contributed by atoms with Crippen molar-refractivity contribution in [3.05, 3.63) is 46.2 Å². The highest BCUT2D eigenvalue weighted by Crippen LogP contribution is 2.16. The van der Waals surface area contributed by atoms with Gasteiger partial charge < -0.3 is 30.8 Å². The first-order valence-electron chi connectivity index (χ1n) is 9.46. The van der Waals surface area contributed by atoms with Gasteiger partial charge in [-0.1, -0.05) is 30.7 Å². The molecule has 30 heavy (non-hydrogen) atoms. The second-order valence-corrected chi connectivity index (χ2v) is 6.87. The third-order valence-electron chi connectivity index (χ3n) is 4.42. The Morgan fingerprint density at radius 1 is 1.37 bits per heavy atom. The molecule has 1 amide bonds. The minimum Gasteiger partial charge on any atom is -0.454 e. The molecular formula is C20H25ClN4O5. The van der Waals surface area contributed by atoms with Crippen molar-refractivity contribution in [3.63, 3.8) is 0 Å². The number of carbonyl (C=O) groups excluding carboxylic acids is 3. The van der Waals surface area contributed by atoms with Crippen LogP contribution in [0.1, 0.15) is 23.7 Å². The van der Waals surface area contributed by atoms with E-state index in [2.05, 4.69) is 5.32 Å². The predicted octanol–water partition coefficient (Wildman–Crippen LogP) is 1.11. The van der Waals surface area contributed by atoms with Gasteiger partial charge in [-0.2, -0.15) is 0 Å². The van der Waals surface area contributed by atoms with E-state index in [4.69, 9.17) is 32.2 Å². The normalized spacial score (nSPS) is 14.7. The van der Waals surface area contributed by atoms with E-state index < -0.39 is 18.4 Å². The minimum atomic E-state index is -0.880. The Labute approximate surface area is 179 Å². The van der Waals surface area contributed by atoms with Crippen LogP contribution >= 0.6 is 11.6 Å². The van der Waals surface area contributed by atoms with E-state index in [0.717, 1.165) is 0 Å². The van der Waals surface area contributed by atoms with Gasteiger partial charge in [0.25, 0.3) is 0 Å². The molecule has 2 rings (SSSR count). The number of esters is 1. The van der Waals surface area contributed by atoms with Crippen LogP contribution in [0.25, 0.3) is 0 Å². The Morgan fingerprint density at radius 3 is 2.77 bits per heavy atom. The van der Waals surface area contributed by atoms with Crippen LogP contribution in [0.3, 0.4) is 0 Å². The van der Waals surface area contributed by atoms with E-state index >= 15 is 0 Å². The van der Waals surface area contributed by atoms with Gasteiger partial charge in [-0.05, 0) is 18.6 Å². The van der Waals surface area contributed by atoms with Crippen molar-refractivity contribution in [1.29, 1.82) is 5.41 Å². The largest absolute Gasteiger partial charge is 0.454 e. The Balaban J connectivity index is 1.99. The van der Waals surface area contributed by atoms with Crippen LogP contribution in [0.2, 0.25) is 5.02 Å². The zero-order valence-corrected chi connectivity index (χ0v) is 17.5. The summed E-state index contributed by atoms with van der Waals surface area (Å²) in [6.07, 6.45) is 0.243. The Morgan fingerprint density at radius 2 is 2.10 bits per heavy atom. The van der Waals surface area contributed by atoms with E-state index in [1.54, 1.807) is 30.0 Å². The number of hydrogen-bond donors (Lipinski definition) is 3. The summed E-state index contributed by atoms with van der Waals surface area (Å²) in [5, 5.41) is 11.1. The molecular weight excluding hydrogens is 412 g/mol. The molecule has 1 fully saturated rings. The number of nitrogens with zero attached hydrogens (tertiary/aromatic N) is 1. The lowest BCUT2D eigenvalue weighted by Crippen LogP contribution is -2.45. The molecule has 0 bridgehead atoms. The molecule has 1 aliphatic rings. The monoisotopic (exact) mass is 436 g/mol. The summed E-state index contributed by atoms with van der Waals surface area (Å²) in [7, 11) is 0. The van der Waals surface area contributed by atoms with E-state index in [1.165, 1.54) is 6.07 Å². The summed E-state index contributed by atoms with van der Waals surface area (Å²) in [5.74, 6) is -1.51. The summed E-state index contributed by atoms with van der Waals surface area (Å²) >= 11 is 5.98. The number of halogens is 1. The number of rotatable bonds is 10. The number of Topliss-reactive ketones (excluding diaryl/α,β-unsaturated/α-hetero) is 1. The van der Waals surface area contributed by atoms with Gasteiger partial charge in [0.2, 0.25) is 11.7 Å². The lowest BCUT2D eigenvalue weighted by atomic mass is 10.1. The van der Waals surface area contributed by atoms with Gasteiger partial charge in [-0.25, -0.2) is 4.79 Å². The molecule has 4 N–H and O–H groups in total. The van der Waals surface area contributed by atoms with Crippen molar-refractivity contribution < 1.29 is 23.9 Å². The summed E-state index contributed by atoms with van der Waals surface area (Å²) in [5.41, 5.74) is 6.05. The number of ether oxygens (including phenoxy) is 2. The second-order valence-electron chi connectivity index (χ2n) is 6.46. The fourth-order valence-corrected chi connectivity index (χ4v) is 2.98. The lowest BCUT2D eigenvalue weighted by Gasteiger charge is -2.27. The molecule has 0 atom stereocenters. The van der Waals surface area contributed by atoms with E-state index in [1.807, 2.05) is 0 Å². The maximum atomic E-state index is 12.5. The van der Waals surface area contributed by atoms with E-state index in [0.29, 0.717) is 19.7 Å². The molecule has 1 saturated heterocycles. The number of nitrogens with one attached hydrogen (secondary N) is 2. The van der Waals surface area contributed by atoms with E-state index in [-0.39, 0.29) is 53.2 Å².